The lowest BCUT2D eigenvalue weighted by molar-refractivity contribution is 0.793. The molecule has 0 aliphatic heterocycles. The van der Waals surface area contributed by atoms with E-state index in [1.807, 2.05) is 13.0 Å². The Balaban J connectivity index is 2.47. The molecule has 1 aromatic heterocycles. The van der Waals surface area contributed by atoms with Crippen molar-refractivity contribution < 1.29 is 0 Å². The van der Waals surface area contributed by atoms with Crippen LogP contribution in [-0.2, 0) is 6.42 Å². The highest BCUT2D eigenvalue weighted by Gasteiger charge is 2.11. The molecule has 1 aromatic carbocycles. The molecule has 5 nitrogen and oxygen atoms in total. The highest BCUT2D eigenvalue weighted by molar-refractivity contribution is 5.46. The van der Waals surface area contributed by atoms with E-state index in [0.29, 0.717) is 11.3 Å². The number of aromatic nitrogens is 2. The van der Waals surface area contributed by atoms with Crippen LogP contribution in [0.3, 0.4) is 0 Å². The van der Waals surface area contributed by atoms with E-state index in [9.17, 15) is 4.79 Å². The second kappa shape index (κ2) is 4.80. The van der Waals surface area contributed by atoms with Gasteiger partial charge in [-0.3, -0.25) is 9.89 Å². The van der Waals surface area contributed by atoms with E-state index in [1.165, 1.54) is 4.68 Å². The number of nitrogens with zero attached hydrogens (tertiary/aromatic N) is 2. The zero-order chi connectivity index (χ0) is 13.1. The van der Waals surface area contributed by atoms with Gasteiger partial charge in [0, 0.05) is 0 Å². The summed E-state index contributed by atoms with van der Waals surface area (Å²) in [4.78, 5) is 12.0. The van der Waals surface area contributed by atoms with Crippen LogP contribution in [0, 0.1) is 11.3 Å². The summed E-state index contributed by atoms with van der Waals surface area (Å²) >= 11 is 0. The Morgan fingerprint density at radius 3 is 2.61 bits per heavy atom. The van der Waals surface area contributed by atoms with Crippen LogP contribution >= 0.6 is 0 Å². The molecule has 0 spiro atoms. The quantitative estimate of drug-likeness (QED) is 0.856. The molecule has 0 aliphatic carbocycles. The molecule has 0 bridgehead atoms. The number of aromatic amines is 1. The highest BCUT2D eigenvalue weighted by atomic mass is 16.1. The van der Waals surface area contributed by atoms with Crippen LogP contribution in [-0.4, -0.2) is 9.78 Å². The first kappa shape index (κ1) is 12.0. The van der Waals surface area contributed by atoms with Crippen LogP contribution in [0.4, 0.5) is 5.69 Å². The third kappa shape index (κ3) is 2.00. The maximum absolute atomic E-state index is 12.0. The fraction of sp³-hybridized carbons (Fsp3) is 0.231. The van der Waals surface area contributed by atoms with Gasteiger partial charge in [-0.1, -0.05) is 13.3 Å². The van der Waals surface area contributed by atoms with Crippen LogP contribution in [0.5, 0.6) is 0 Å². The number of H-pyrrole nitrogens is 1. The van der Waals surface area contributed by atoms with Gasteiger partial charge in [0.2, 0.25) is 0 Å². The van der Waals surface area contributed by atoms with Gasteiger partial charge >= 0.3 is 0 Å². The molecule has 0 saturated heterocycles. The van der Waals surface area contributed by atoms with Gasteiger partial charge in [-0.25, -0.2) is 4.68 Å². The van der Waals surface area contributed by atoms with Crippen LogP contribution in [0.1, 0.15) is 24.6 Å². The Labute approximate surface area is 104 Å². The third-order valence-electron chi connectivity index (χ3n) is 2.76. The van der Waals surface area contributed by atoms with Gasteiger partial charge < -0.3 is 5.73 Å². The first-order valence-corrected chi connectivity index (χ1v) is 5.77. The number of hydrogen-bond donors (Lipinski definition) is 2. The SMILES string of the molecule is CCCc1[nH]n(-c2ccc(C#N)cc2)c(=O)c1N. The van der Waals surface area contributed by atoms with Gasteiger partial charge in [0.05, 0.1) is 23.0 Å². The van der Waals surface area contributed by atoms with Gasteiger partial charge in [0.1, 0.15) is 5.69 Å². The second-order valence-electron chi connectivity index (χ2n) is 4.05. The molecule has 1 heterocycles. The largest absolute Gasteiger partial charge is 0.393 e. The van der Waals surface area contributed by atoms with Crippen LogP contribution in [0.15, 0.2) is 29.1 Å². The number of nitriles is 1. The predicted octanol–water partition coefficient (Wildman–Crippen LogP) is 1.57. The molecule has 2 aromatic rings. The van der Waals surface area contributed by atoms with Crippen molar-refractivity contribution in [3.8, 4) is 11.8 Å². The van der Waals surface area contributed by atoms with Gasteiger partial charge in [0.15, 0.2) is 0 Å². The lowest BCUT2D eigenvalue weighted by Crippen LogP contribution is -2.16. The van der Waals surface area contributed by atoms with Crippen molar-refractivity contribution in [1.29, 1.82) is 5.26 Å². The summed E-state index contributed by atoms with van der Waals surface area (Å²) in [7, 11) is 0. The van der Waals surface area contributed by atoms with E-state index in [-0.39, 0.29) is 11.2 Å². The molecule has 2 rings (SSSR count). The molecule has 18 heavy (non-hydrogen) atoms. The van der Waals surface area contributed by atoms with E-state index < -0.39 is 0 Å². The van der Waals surface area contributed by atoms with Crippen molar-refractivity contribution in [3.63, 3.8) is 0 Å². The standard InChI is InChI=1S/C13H14N4O/c1-2-3-11-12(15)13(18)17(16-11)10-6-4-9(8-14)5-7-10/h4-7,16H,2-3,15H2,1H3. The second-order valence-corrected chi connectivity index (χ2v) is 4.05. The van der Waals surface area contributed by atoms with E-state index in [0.717, 1.165) is 18.5 Å². The van der Waals surface area contributed by atoms with Crippen LogP contribution in [0.25, 0.3) is 5.69 Å². The first-order valence-electron chi connectivity index (χ1n) is 5.77. The summed E-state index contributed by atoms with van der Waals surface area (Å²) in [6, 6.07) is 8.79. The topological polar surface area (TPSA) is 87.6 Å². The van der Waals surface area contributed by atoms with Crippen molar-refractivity contribution >= 4 is 5.69 Å². The molecule has 0 unspecified atom stereocenters. The number of rotatable bonds is 3. The third-order valence-corrected chi connectivity index (χ3v) is 2.76. The lowest BCUT2D eigenvalue weighted by atomic mass is 10.2. The van der Waals surface area contributed by atoms with Gasteiger partial charge in [-0.05, 0) is 30.7 Å². The molecule has 92 valence electrons. The summed E-state index contributed by atoms with van der Waals surface area (Å²) in [5.74, 6) is 0. The zero-order valence-electron chi connectivity index (χ0n) is 10.1. The minimum absolute atomic E-state index is 0.247. The monoisotopic (exact) mass is 242 g/mol. The average Bonchev–Trinajstić information content (AvgIpc) is 2.68. The van der Waals surface area contributed by atoms with Crippen molar-refractivity contribution in [2.24, 2.45) is 0 Å². The number of anilines is 1. The minimum atomic E-state index is -0.247. The molecule has 0 fully saturated rings. The number of hydrogen-bond acceptors (Lipinski definition) is 3. The smallest absolute Gasteiger partial charge is 0.294 e. The molecule has 0 atom stereocenters. The van der Waals surface area contributed by atoms with Gasteiger partial charge in [-0.2, -0.15) is 5.26 Å². The van der Waals surface area contributed by atoms with E-state index in [1.54, 1.807) is 24.3 Å². The maximum atomic E-state index is 12.0. The highest BCUT2D eigenvalue weighted by Crippen LogP contribution is 2.11. The molecule has 0 aliphatic rings. The lowest BCUT2D eigenvalue weighted by Gasteiger charge is -2.01. The number of nitrogen functional groups attached to an aromatic ring is 1. The zero-order valence-corrected chi connectivity index (χ0v) is 10.1. The van der Waals surface area contributed by atoms with E-state index >= 15 is 0 Å². The normalized spacial score (nSPS) is 10.2. The van der Waals surface area contributed by atoms with Gasteiger partial charge in [-0.15, -0.1) is 0 Å². The summed E-state index contributed by atoms with van der Waals surface area (Å²) < 4.78 is 1.40. The molecule has 0 radical (unpaired) electrons. The molecule has 0 saturated carbocycles. The Bertz CT molecular complexity index is 643. The van der Waals surface area contributed by atoms with Gasteiger partial charge in [0.25, 0.3) is 5.56 Å². The molecule has 5 heteroatoms. The molecular formula is C13H14N4O. The van der Waals surface area contributed by atoms with Crippen LogP contribution < -0.4 is 11.3 Å². The van der Waals surface area contributed by atoms with Crippen molar-refractivity contribution in [2.75, 3.05) is 5.73 Å². The van der Waals surface area contributed by atoms with Crippen molar-refractivity contribution in [2.45, 2.75) is 19.8 Å². The Hall–Kier alpha value is -2.48. The summed E-state index contributed by atoms with van der Waals surface area (Å²) in [5, 5.41) is 11.7. The molecular weight excluding hydrogens is 228 g/mol. The summed E-state index contributed by atoms with van der Waals surface area (Å²) in [5.41, 5.74) is 7.77. The number of benzene rings is 1. The average molecular weight is 242 g/mol. The number of aryl methyl sites for hydroxylation is 1. The van der Waals surface area contributed by atoms with Crippen molar-refractivity contribution in [1.82, 2.24) is 9.78 Å². The predicted molar refractivity (Wildman–Crippen MR) is 69.5 cm³/mol. The Kier molecular flexibility index (Phi) is 3.20. The van der Waals surface area contributed by atoms with Crippen LogP contribution in [0.2, 0.25) is 0 Å². The fourth-order valence-corrected chi connectivity index (χ4v) is 1.80. The fourth-order valence-electron chi connectivity index (χ4n) is 1.80. The molecule has 0 amide bonds. The van der Waals surface area contributed by atoms with Crippen molar-refractivity contribution in [3.05, 3.63) is 45.9 Å². The number of nitrogens with one attached hydrogen (secondary N) is 1. The Morgan fingerprint density at radius 1 is 1.39 bits per heavy atom. The summed E-state index contributed by atoms with van der Waals surface area (Å²) in [6.45, 7) is 2.02. The Morgan fingerprint density at radius 2 is 2.06 bits per heavy atom. The summed E-state index contributed by atoms with van der Waals surface area (Å²) in [6.07, 6.45) is 1.65. The first-order chi connectivity index (χ1) is 8.67. The minimum Gasteiger partial charge on any atom is -0.393 e. The molecule has 3 N–H and O–H groups in total. The number of nitrogens with two attached hydrogens (primary N) is 1. The maximum Gasteiger partial charge on any atom is 0.294 e. The van der Waals surface area contributed by atoms with E-state index in [4.69, 9.17) is 11.0 Å². The van der Waals surface area contributed by atoms with E-state index in [2.05, 4.69) is 5.10 Å².